The van der Waals surface area contributed by atoms with Gasteiger partial charge in [0.05, 0.1) is 13.2 Å². The summed E-state index contributed by atoms with van der Waals surface area (Å²) in [5, 5.41) is 11.8. The molecule has 0 spiro atoms. The van der Waals surface area contributed by atoms with Crippen LogP contribution in [0.3, 0.4) is 0 Å². The van der Waals surface area contributed by atoms with Crippen LogP contribution in [0.15, 0.2) is 10.7 Å². The Balaban J connectivity index is 1.76. The highest BCUT2D eigenvalue weighted by atomic mass is 16.5. The average molecular weight is 281 g/mol. The lowest BCUT2D eigenvalue weighted by Gasteiger charge is -2.33. The van der Waals surface area contributed by atoms with Gasteiger partial charge in [-0.1, -0.05) is 0 Å². The zero-order valence-corrected chi connectivity index (χ0v) is 10.7. The number of aromatic nitrogens is 1. The van der Waals surface area contributed by atoms with Gasteiger partial charge in [-0.3, -0.25) is 4.79 Å². The molecule has 2 heterocycles. The molecule has 1 saturated heterocycles. The van der Waals surface area contributed by atoms with E-state index in [1.807, 2.05) is 0 Å². The third-order valence-corrected chi connectivity index (χ3v) is 3.31. The summed E-state index contributed by atoms with van der Waals surface area (Å²) >= 11 is 0. The van der Waals surface area contributed by atoms with Crippen molar-refractivity contribution >= 4 is 17.9 Å². The molecule has 0 bridgehead atoms. The van der Waals surface area contributed by atoms with E-state index in [0.29, 0.717) is 13.2 Å². The molecule has 1 aliphatic heterocycles. The average Bonchev–Trinajstić information content (AvgIpc) is 3.11. The van der Waals surface area contributed by atoms with E-state index < -0.39 is 12.0 Å². The number of morpholine rings is 1. The minimum atomic E-state index is -1.16. The van der Waals surface area contributed by atoms with Gasteiger partial charge in [-0.25, -0.2) is 4.79 Å². The molecule has 1 aromatic heterocycles. The molecule has 0 aromatic carbocycles. The van der Waals surface area contributed by atoms with Gasteiger partial charge in [-0.05, 0) is 12.8 Å². The summed E-state index contributed by atoms with van der Waals surface area (Å²) in [6.07, 6.45) is 3.08. The minimum absolute atomic E-state index is 0.137. The molecule has 1 amide bonds. The second-order valence-electron chi connectivity index (χ2n) is 4.89. The van der Waals surface area contributed by atoms with Crippen LogP contribution in [0.1, 0.15) is 23.3 Å². The number of nitrogens with one attached hydrogen (secondary N) is 1. The normalized spacial score (nSPS) is 22.6. The Bertz CT molecular complexity index is 525. The Morgan fingerprint density at radius 3 is 2.90 bits per heavy atom. The molecule has 1 atom stereocenters. The predicted molar refractivity (Wildman–Crippen MR) is 66.6 cm³/mol. The number of aromatic carboxylic acids is 1. The number of carboxylic acid groups (broad SMARTS) is 1. The van der Waals surface area contributed by atoms with E-state index in [9.17, 15) is 9.59 Å². The quantitative estimate of drug-likeness (QED) is 0.791. The van der Waals surface area contributed by atoms with Crippen molar-refractivity contribution in [2.24, 2.45) is 0 Å². The number of hydrogen-bond acceptors (Lipinski definition) is 6. The number of oxazole rings is 1. The van der Waals surface area contributed by atoms with Crippen LogP contribution in [0.2, 0.25) is 0 Å². The SMILES string of the molecule is O=C(O)c1coc(N2CCOCC2C(=O)NC2CC2)n1. The van der Waals surface area contributed by atoms with Crippen molar-refractivity contribution in [3.05, 3.63) is 12.0 Å². The molecule has 1 aliphatic carbocycles. The summed E-state index contributed by atoms with van der Waals surface area (Å²) in [6.45, 7) is 1.11. The zero-order valence-electron chi connectivity index (χ0n) is 10.7. The van der Waals surface area contributed by atoms with Gasteiger partial charge in [0.2, 0.25) is 5.91 Å². The lowest BCUT2D eigenvalue weighted by atomic mass is 10.2. The van der Waals surface area contributed by atoms with E-state index in [0.717, 1.165) is 19.1 Å². The van der Waals surface area contributed by atoms with Gasteiger partial charge >= 0.3 is 5.97 Å². The lowest BCUT2D eigenvalue weighted by Crippen LogP contribution is -2.54. The Morgan fingerprint density at radius 1 is 1.45 bits per heavy atom. The van der Waals surface area contributed by atoms with Crippen LogP contribution in [0.5, 0.6) is 0 Å². The Morgan fingerprint density at radius 2 is 2.25 bits per heavy atom. The minimum Gasteiger partial charge on any atom is -0.476 e. The van der Waals surface area contributed by atoms with E-state index in [-0.39, 0.29) is 30.3 Å². The van der Waals surface area contributed by atoms with Crippen molar-refractivity contribution in [3.8, 4) is 0 Å². The largest absolute Gasteiger partial charge is 0.476 e. The highest BCUT2D eigenvalue weighted by Crippen LogP contribution is 2.22. The van der Waals surface area contributed by atoms with Crippen LogP contribution >= 0.6 is 0 Å². The summed E-state index contributed by atoms with van der Waals surface area (Å²) in [5.41, 5.74) is -0.173. The molecule has 2 fully saturated rings. The van der Waals surface area contributed by atoms with Crippen molar-refractivity contribution in [1.29, 1.82) is 0 Å². The zero-order chi connectivity index (χ0) is 14.1. The highest BCUT2D eigenvalue weighted by molar-refractivity contribution is 5.87. The number of rotatable bonds is 4. The third-order valence-electron chi connectivity index (χ3n) is 3.31. The Kier molecular flexibility index (Phi) is 3.31. The number of carbonyl (C=O) groups excluding carboxylic acids is 1. The topological polar surface area (TPSA) is 105 Å². The van der Waals surface area contributed by atoms with Gasteiger partial charge in [0, 0.05) is 12.6 Å². The van der Waals surface area contributed by atoms with Crippen LogP contribution in [-0.2, 0) is 9.53 Å². The summed E-state index contributed by atoms with van der Waals surface area (Å²) in [7, 11) is 0. The fourth-order valence-corrected chi connectivity index (χ4v) is 2.07. The van der Waals surface area contributed by atoms with Crippen LogP contribution in [0, 0.1) is 0 Å². The van der Waals surface area contributed by atoms with Crippen LogP contribution in [0.25, 0.3) is 0 Å². The molecular formula is C12H15N3O5. The fourth-order valence-electron chi connectivity index (χ4n) is 2.07. The van der Waals surface area contributed by atoms with Gasteiger partial charge < -0.3 is 24.5 Å². The molecule has 3 rings (SSSR count). The molecule has 2 N–H and O–H groups in total. The summed E-state index contributed by atoms with van der Waals surface area (Å²) < 4.78 is 10.5. The molecule has 0 radical (unpaired) electrons. The summed E-state index contributed by atoms with van der Waals surface area (Å²) in [5.74, 6) is -1.30. The third kappa shape index (κ3) is 2.60. The maximum atomic E-state index is 12.2. The number of amides is 1. The lowest BCUT2D eigenvalue weighted by molar-refractivity contribution is -0.124. The van der Waals surface area contributed by atoms with Crippen molar-refractivity contribution in [2.75, 3.05) is 24.7 Å². The van der Waals surface area contributed by atoms with E-state index in [2.05, 4.69) is 10.3 Å². The first-order valence-electron chi connectivity index (χ1n) is 6.49. The standard InChI is InChI=1S/C12H15N3O5/c16-10(13-7-1-2-7)9-6-19-4-3-15(9)12-14-8(5-20-12)11(17)18/h5,7,9H,1-4,6H2,(H,13,16)(H,17,18). The molecular weight excluding hydrogens is 266 g/mol. The number of hydrogen-bond donors (Lipinski definition) is 2. The molecule has 8 heteroatoms. The van der Waals surface area contributed by atoms with Gasteiger partial charge in [0.1, 0.15) is 12.3 Å². The molecule has 1 aromatic rings. The molecule has 1 unspecified atom stereocenters. The summed E-state index contributed by atoms with van der Waals surface area (Å²) in [6, 6.07) is -0.142. The number of ether oxygens (including phenoxy) is 1. The maximum absolute atomic E-state index is 12.2. The molecule has 20 heavy (non-hydrogen) atoms. The van der Waals surface area contributed by atoms with Crippen LogP contribution < -0.4 is 10.2 Å². The number of anilines is 1. The second-order valence-corrected chi connectivity index (χ2v) is 4.89. The first-order valence-corrected chi connectivity index (χ1v) is 6.49. The van der Waals surface area contributed by atoms with E-state index >= 15 is 0 Å². The summed E-state index contributed by atoms with van der Waals surface area (Å²) in [4.78, 5) is 28.5. The van der Waals surface area contributed by atoms with E-state index in [4.69, 9.17) is 14.3 Å². The van der Waals surface area contributed by atoms with Gasteiger partial charge in [0.25, 0.3) is 6.01 Å². The van der Waals surface area contributed by atoms with Crippen molar-refractivity contribution in [2.45, 2.75) is 24.9 Å². The Hall–Kier alpha value is -2.09. The molecule has 1 saturated carbocycles. The Labute approximate surface area is 114 Å². The maximum Gasteiger partial charge on any atom is 0.357 e. The van der Waals surface area contributed by atoms with Gasteiger partial charge in [-0.15, -0.1) is 0 Å². The molecule has 2 aliphatic rings. The van der Waals surface area contributed by atoms with Crippen molar-refractivity contribution in [1.82, 2.24) is 10.3 Å². The van der Waals surface area contributed by atoms with E-state index in [1.54, 1.807) is 4.90 Å². The van der Waals surface area contributed by atoms with Crippen LogP contribution in [-0.4, -0.2) is 53.8 Å². The van der Waals surface area contributed by atoms with Crippen LogP contribution in [0.4, 0.5) is 6.01 Å². The number of carboxylic acids is 1. The highest BCUT2D eigenvalue weighted by Gasteiger charge is 2.35. The van der Waals surface area contributed by atoms with E-state index in [1.165, 1.54) is 0 Å². The first kappa shape index (κ1) is 12.9. The van der Waals surface area contributed by atoms with Crippen molar-refractivity contribution < 1.29 is 23.8 Å². The smallest absolute Gasteiger partial charge is 0.357 e. The molecule has 8 nitrogen and oxygen atoms in total. The van der Waals surface area contributed by atoms with Crippen molar-refractivity contribution in [3.63, 3.8) is 0 Å². The van der Waals surface area contributed by atoms with Gasteiger partial charge in [-0.2, -0.15) is 4.98 Å². The van der Waals surface area contributed by atoms with Gasteiger partial charge in [0.15, 0.2) is 5.69 Å². The first-order chi connectivity index (χ1) is 9.65. The fraction of sp³-hybridized carbons (Fsp3) is 0.583. The number of carbonyl (C=O) groups is 2. The monoisotopic (exact) mass is 281 g/mol. The second kappa shape index (κ2) is 5.12. The molecule has 108 valence electrons. The number of nitrogens with zero attached hydrogens (tertiary/aromatic N) is 2. The predicted octanol–water partition coefficient (Wildman–Crippen LogP) is -0.143.